The number of para-hydroxylation sites is 1. The minimum absolute atomic E-state index is 0.161. The SMILES string of the molecule is COc1cc(OC)c(OC)cc1CNC(=O)COC(=O)c1ccccc1OC. The van der Waals surface area contributed by atoms with Crippen molar-refractivity contribution >= 4 is 11.9 Å². The molecule has 8 nitrogen and oxygen atoms in total. The number of amides is 1. The maximum atomic E-state index is 12.1. The highest BCUT2D eigenvalue weighted by Crippen LogP contribution is 2.34. The maximum absolute atomic E-state index is 12.1. The van der Waals surface area contributed by atoms with Gasteiger partial charge in [0.25, 0.3) is 5.91 Å². The molecule has 2 aromatic rings. The highest BCUT2D eigenvalue weighted by Gasteiger charge is 2.16. The smallest absolute Gasteiger partial charge is 0.342 e. The Balaban J connectivity index is 1.96. The van der Waals surface area contributed by atoms with Gasteiger partial charge in [0, 0.05) is 18.2 Å². The molecule has 0 radical (unpaired) electrons. The van der Waals surface area contributed by atoms with Gasteiger partial charge in [0.1, 0.15) is 17.1 Å². The van der Waals surface area contributed by atoms with Gasteiger partial charge in [0.15, 0.2) is 18.1 Å². The number of carbonyl (C=O) groups is 2. The van der Waals surface area contributed by atoms with Crippen LogP contribution in [0.3, 0.4) is 0 Å². The van der Waals surface area contributed by atoms with Crippen LogP contribution >= 0.6 is 0 Å². The lowest BCUT2D eigenvalue weighted by Gasteiger charge is -2.14. The summed E-state index contributed by atoms with van der Waals surface area (Å²) in [5.41, 5.74) is 0.934. The van der Waals surface area contributed by atoms with Crippen LogP contribution in [0.2, 0.25) is 0 Å². The minimum Gasteiger partial charge on any atom is -0.496 e. The standard InChI is InChI=1S/C20H23NO7/c1-24-15-8-6-5-7-14(15)20(23)28-12-19(22)21-11-13-9-17(26-3)18(27-4)10-16(13)25-2/h5-10H,11-12H2,1-4H3,(H,21,22). The van der Waals surface area contributed by atoms with Crippen molar-refractivity contribution in [2.24, 2.45) is 0 Å². The van der Waals surface area contributed by atoms with Crippen LogP contribution in [0.15, 0.2) is 36.4 Å². The van der Waals surface area contributed by atoms with Gasteiger partial charge in [-0.1, -0.05) is 12.1 Å². The molecule has 1 N–H and O–H groups in total. The van der Waals surface area contributed by atoms with E-state index < -0.39 is 18.5 Å². The van der Waals surface area contributed by atoms with E-state index in [9.17, 15) is 9.59 Å². The minimum atomic E-state index is -0.642. The van der Waals surface area contributed by atoms with E-state index in [2.05, 4.69) is 5.32 Å². The summed E-state index contributed by atoms with van der Waals surface area (Å²) in [4.78, 5) is 24.2. The Labute approximate surface area is 163 Å². The Hall–Kier alpha value is -3.42. The molecule has 0 aliphatic heterocycles. The number of hydrogen-bond acceptors (Lipinski definition) is 7. The Morgan fingerprint density at radius 3 is 2.07 bits per heavy atom. The van der Waals surface area contributed by atoms with E-state index in [1.807, 2.05) is 0 Å². The summed E-state index contributed by atoms with van der Waals surface area (Å²) in [5.74, 6) is 0.832. The molecule has 0 fully saturated rings. The second-order valence-electron chi connectivity index (χ2n) is 5.57. The lowest BCUT2D eigenvalue weighted by atomic mass is 10.1. The number of nitrogens with one attached hydrogen (secondary N) is 1. The predicted octanol–water partition coefficient (Wildman–Crippen LogP) is 2.19. The summed E-state index contributed by atoms with van der Waals surface area (Å²) < 4.78 is 26.0. The quantitative estimate of drug-likeness (QED) is 0.657. The first-order valence-corrected chi connectivity index (χ1v) is 8.39. The van der Waals surface area contributed by atoms with Gasteiger partial charge in [-0.2, -0.15) is 0 Å². The number of esters is 1. The van der Waals surface area contributed by atoms with Crippen LogP contribution in [0.4, 0.5) is 0 Å². The van der Waals surface area contributed by atoms with E-state index >= 15 is 0 Å². The molecule has 0 bridgehead atoms. The van der Waals surface area contributed by atoms with Crippen LogP contribution in [0.5, 0.6) is 23.0 Å². The zero-order chi connectivity index (χ0) is 20.5. The highest BCUT2D eigenvalue weighted by atomic mass is 16.5. The molecule has 0 spiro atoms. The van der Waals surface area contributed by atoms with Crippen molar-refractivity contribution in [3.63, 3.8) is 0 Å². The molecule has 2 aromatic carbocycles. The first kappa shape index (κ1) is 20.9. The molecular formula is C20H23NO7. The van der Waals surface area contributed by atoms with Crippen LogP contribution in [-0.2, 0) is 16.1 Å². The molecule has 0 saturated carbocycles. The average Bonchev–Trinajstić information content (AvgIpc) is 2.74. The molecule has 150 valence electrons. The van der Waals surface area contributed by atoms with Gasteiger partial charge in [0.2, 0.25) is 0 Å². The topological polar surface area (TPSA) is 92.3 Å². The fourth-order valence-electron chi connectivity index (χ4n) is 2.50. The van der Waals surface area contributed by atoms with Crippen LogP contribution in [0.1, 0.15) is 15.9 Å². The van der Waals surface area contributed by atoms with Crippen molar-refractivity contribution in [3.05, 3.63) is 47.5 Å². The molecule has 0 unspecified atom stereocenters. The Morgan fingerprint density at radius 2 is 1.43 bits per heavy atom. The van der Waals surface area contributed by atoms with Gasteiger partial charge in [-0.15, -0.1) is 0 Å². The molecule has 1 amide bonds. The lowest BCUT2D eigenvalue weighted by molar-refractivity contribution is -0.124. The zero-order valence-corrected chi connectivity index (χ0v) is 16.2. The van der Waals surface area contributed by atoms with E-state index in [1.165, 1.54) is 28.4 Å². The van der Waals surface area contributed by atoms with Crippen molar-refractivity contribution < 1.29 is 33.3 Å². The summed E-state index contributed by atoms with van der Waals surface area (Å²) >= 11 is 0. The maximum Gasteiger partial charge on any atom is 0.342 e. The van der Waals surface area contributed by atoms with Crippen molar-refractivity contribution in [3.8, 4) is 23.0 Å². The molecule has 0 saturated heterocycles. The predicted molar refractivity (Wildman–Crippen MR) is 101 cm³/mol. The summed E-state index contributed by atoms with van der Waals surface area (Å²) in [7, 11) is 6.01. The Morgan fingerprint density at radius 1 is 0.821 bits per heavy atom. The van der Waals surface area contributed by atoms with Crippen molar-refractivity contribution in [2.75, 3.05) is 35.0 Å². The number of ether oxygens (including phenoxy) is 5. The van der Waals surface area contributed by atoms with Crippen molar-refractivity contribution in [1.82, 2.24) is 5.32 Å². The molecular weight excluding hydrogens is 366 g/mol. The lowest BCUT2D eigenvalue weighted by Crippen LogP contribution is -2.28. The number of rotatable bonds is 9. The van der Waals surface area contributed by atoms with Crippen molar-refractivity contribution in [1.29, 1.82) is 0 Å². The first-order valence-electron chi connectivity index (χ1n) is 8.39. The molecule has 8 heteroatoms. The number of carbonyl (C=O) groups excluding carboxylic acids is 2. The third kappa shape index (κ3) is 5.06. The normalized spacial score (nSPS) is 10.0. The van der Waals surface area contributed by atoms with E-state index in [-0.39, 0.29) is 12.1 Å². The number of methoxy groups -OCH3 is 4. The third-order valence-corrected chi connectivity index (χ3v) is 3.92. The first-order chi connectivity index (χ1) is 13.5. The molecule has 2 rings (SSSR count). The average molecular weight is 389 g/mol. The van der Waals surface area contributed by atoms with E-state index in [0.29, 0.717) is 28.6 Å². The molecule has 0 aromatic heterocycles. The summed E-state index contributed by atoms with van der Waals surface area (Å²) in [6.07, 6.45) is 0. The fraction of sp³-hybridized carbons (Fsp3) is 0.300. The van der Waals surface area contributed by atoms with Gasteiger partial charge >= 0.3 is 5.97 Å². The van der Waals surface area contributed by atoms with Gasteiger partial charge in [-0.25, -0.2) is 4.79 Å². The van der Waals surface area contributed by atoms with Crippen LogP contribution < -0.4 is 24.3 Å². The van der Waals surface area contributed by atoms with Crippen LogP contribution in [0.25, 0.3) is 0 Å². The molecule has 28 heavy (non-hydrogen) atoms. The zero-order valence-electron chi connectivity index (χ0n) is 16.2. The summed E-state index contributed by atoms with van der Waals surface area (Å²) in [5, 5.41) is 2.67. The molecule has 0 heterocycles. The molecule has 0 aliphatic rings. The van der Waals surface area contributed by atoms with Crippen LogP contribution in [-0.4, -0.2) is 46.9 Å². The van der Waals surface area contributed by atoms with Gasteiger partial charge in [0.05, 0.1) is 28.4 Å². The van der Waals surface area contributed by atoms with Crippen LogP contribution in [0, 0.1) is 0 Å². The largest absolute Gasteiger partial charge is 0.496 e. The number of hydrogen-bond donors (Lipinski definition) is 1. The highest BCUT2D eigenvalue weighted by molar-refractivity contribution is 5.93. The second kappa shape index (κ2) is 10.1. The fourth-order valence-corrected chi connectivity index (χ4v) is 2.50. The van der Waals surface area contributed by atoms with E-state index in [1.54, 1.807) is 36.4 Å². The van der Waals surface area contributed by atoms with Gasteiger partial charge in [-0.3, -0.25) is 4.79 Å². The summed E-state index contributed by atoms with van der Waals surface area (Å²) in [6, 6.07) is 10.00. The van der Waals surface area contributed by atoms with Gasteiger partial charge in [-0.05, 0) is 18.2 Å². The van der Waals surface area contributed by atoms with Gasteiger partial charge < -0.3 is 29.0 Å². The molecule has 0 aliphatic carbocycles. The summed E-state index contributed by atoms with van der Waals surface area (Å²) in [6.45, 7) is -0.263. The monoisotopic (exact) mass is 389 g/mol. The Bertz CT molecular complexity index is 835. The van der Waals surface area contributed by atoms with E-state index in [4.69, 9.17) is 23.7 Å². The third-order valence-electron chi connectivity index (χ3n) is 3.92. The van der Waals surface area contributed by atoms with Crippen molar-refractivity contribution in [2.45, 2.75) is 6.54 Å². The molecule has 0 atom stereocenters. The van der Waals surface area contributed by atoms with E-state index in [0.717, 1.165) is 0 Å². The second-order valence-corrected chi connectivity index (χ2v) is 5.57. The Kier molecular flexibility index (Phi) is 7.50. The number of benzene rings is 2.